The largest absolute Gasteiger partial charge is 0.388 e. The van der Waals surface area contributed by atoms with Gasteiger partial charge in [0.15, 0.2) is 0 Å². The molecule has 0 radical (unpaired) electrons. The summed E-state index contributed by atoms with van der Waals surface area (Å²) in [5.41, 5.74) is 6.05. The molecule has 19 heavy (non-hydrogen) atoms. The van der Waals surface area contributed by atoms with Crippen molar-refractivity contribution in [3.8, 4) is 0 Å². The maximum atomic E-state index is 4.25. The predicted molar refractivity (Wildman–Crippen MR) is 82.9 cm³/mol. The van der Waals surface area contributed by atoms with Crippen LogP contribution in [0.3, 0.4) is 0 Å². The maximum absolute atomic E-state index is 4.25. The van der Waals surface area contributed by atoms with Gasteiger partial charge in [0.05, 0.1) is 0 Å². The lowest BCUT2D eigenvalue weighted by Crippen LogP contribution is -2.04. The number of hydrogen-bond donors (Lipinski definition) is 0. The Bertz CT molecular complexity index is 556. The van der Waals surface area contributed by atoms with Crippen molar-refractivity contribution in [3.63, 3.8) is 0 Å². The SMILES string of the molecule is COC.Cc1c2c(c(C)c3ccccc13)CC=CC2. The second kappa shape index (κ2) is 6.03. The number of ether oxygens (including phenoxy) is 1. The van der Waals surface area contributed by atoms with Crippen molar-refractivity contribution in [1.29, 1.82) is 0 Å². The summed E-state index contributed by atoms with van der Waals surface area (Å²) in [5, 5.41) is 2.85. The van der Waals surface area contributed by atoms with E-state index in [2.05, 4.69) is 55.0 Å². The molecule has 0 spiro atoms. The predicted octanol–water partition coefficient (Wildman–Crippen LogP) is 4.37. The van der Waals surface area contributed by atoms with Gasteiger partial charge in [0.2, 0.25) is 0 Å². The highest BCUT2D eigenvalue weighted by Gasteiger charge is 2.14. The van der Waals surface area contributed by atoms with Gasteiger partial charge in [-0.05, 0) is 59.7 Å². The first kappa shape index (κ1) is 13.8. The molecule has 100 valence electrons. The second-order valence-corrected chi connectivity index (χ2v) is 5.04. The summed E-state index contributed by atoms with van der Waals surface area (Å²) in [6, 6.07) is 8.77. The van der Waals surface area contributed by atoms with Crippen LogP contribution in [0, 0.1) is 13.8 Å². The minimum Gasteiger partial charge on any atom is -0.388 e. The van der Waals surface area contributed by atoms with Gasteiger partial charge in [0.25, 0.3) is 0 Å². The third kappa shape index (κ3) is 2.57. The highest BCUT2D eigenvalue weighted by molar-refractivity contribution is 5.91. The molecule has 0 fully saturated rings. The average molecular weight is 254 g/mol. The van der Waals surface area contributed by atoms with E-state index in [0.717, 1.165) is 12.8 Å². The zero-order chi connectivity index (χ0) is 13.8. The molecule has 0 aliphatic heterocycles. The van der Waals surface area contributed by atoms with Crippen LogP contribution in [-0.2, 0) is 17.6 Å². The highest BCUT2D eigenvalue weighted by Crippen LogP contribution is 2.32. The molecular weight excluding hydrogens is 232 g/mol. The van der Waals surface area contributed by atoms with Crippen LogP contribution in [0.1, 0.15) is 22.3 Å². The van der Waals surface area contributed by atoms with E-state index in [9.17, 15) is 0 Å². The number of allylic oxidation sites excluding steroid dienone is 2. The van der Waals surface area contributed by atoms with E-state index in [1.165, 1.54) is 21.9 Å². The zero-order valence-electron chi connectivity index (χ0n) is 12.3. The Kier molecular flexibility index (Phi) is 4.39. The van der Waals surface area contributed by atoms with Gasteiger partial charge in [-0.15, -0.1) is 0 Å². The van der Waals surface area contributed by atoms with Crippen molar-refractivity contribution in [2.24, 2.45) is 0 Å². The van der Waals surface area contributed by atoms with Crippen LogP contribution in [-0.4, -0.2) is 14.2 Å². The summed E-state index contributed by atoms with van der Waals surface area (Å²) in [4.78, 5) is 0. The summed E-state index contributed by atoms with van der Waals surface area (Å²) in [7, 11) is 3.25. The molecule has 1 heteroatoms. The monoisotopic (exact) mass is 254 g/mol. The molecule has 0 atom stereocenters. The number of benzene rings is 2. The fourth-order valence-corrected chi connectivity index (χ4v) is 2.87. The van der Waals surface area contributed by atoms with Gasteiger partial charge in [-0.25, -0.2) is 0 Å². The van der Waals surface area contributed by atoms with Crippen LogP contribution in [0.15, 0.2) is 36.4 Å². The third-order valence-electron chi connectivity index (χ3n) is 3.82. The van der Waals surface area contributed by atoms with Gasteiger partial charge < -0.3 is 4.74 Å². The number of hydrogen-bond acceptors (Lipinski definition) is 1. The zero-order valence-corrected chi connectivity index (χ0v) is 12.3. The first-order chi connectivity index (χ1) is 9.20. The minimum absolute atomic E-state index is 1.10. The first-order valence-corrected chi connectivity index (χ1v) is 6.75. The van der Waals surface area contributed by atoms with Crippen LogP contribution < -0.4 is 0 Å². The molecule has 2 aromatic rings. The molecule has 0 N–H and O–H groups in total. The first-order valence-electron chi connectivity index (χ1n) is 6.75. The van der Waals surface area contributed by atoms with E-state index in [4.69, 9.17) is 0 Å². The van der Waals surface area contributed by atoms with Gasteiger partial charge in [-0.3, -0.25) is 0 Å². The van der Waals surface area contributed by atoms with E-state index in [1.54, 1.807) is 25.3 Å². The molecule has 1 nitrogen and oxygen atoms in total. The minimum atomic E-state index is 1.10. The summed E-state index contributed by atoms with van der Waals surface area (Å²) < 4.78 is 4.25. The second-order valence-electron chi connectivity index (χ2n) is 5.04. The smallest absolute Gasteiger partial charge is 0.0351 e. The summed E-state index contributed by atoms with van der Waals surface area (Å²) in [5.74, 6) is 0. The fourth-order valence-electron chi connectivity index (χ4n) is 2.87. The summed E-state index contributed by atoms with van der Waals surface area (Å²) in [6.07, 6.45) is 6.80. The van der Waals surface area contributed by atoms with Crippen LogP contribution in [0.2, 0.25) is 0 Å². The quantitative estimate of drug-likeness (QED) is 0.634. The van der Waals surface area contributed by atoms with E-state index in [0.29, 0.717) is 0 Å². The molecular formula is C18H22O. The Labute approximate surface area is 115 Å². The Hall–Kier alpha value is -1.60. The van der Waals surface area contributed by atoms with E-state index in [1.807, 2.05) is 0 Å². The van der Waals surface area contributed by atoms with Crippen LogP contribution in [0.5, 0.6) is 0 Å². The molecule has 3 rings (SSSR count). The van der Waals surface area contributed by atoms with Crippen molar-refractivity contribution in [2.75, 3.05) is 14.2 Å². The molecule has 0 bridgehead atoms. The molecule has 0 saturated heterocycles. The van der Waals surface area contributed by atoms with Crippen molar-refractivity contribution < 1.29 is 4.74 Å². The lowest BCUT2D eigenvalue weighted by Gasteiger charge is -2.20. The Morgan fingerprint density at radius 2 is 1.16 bits per heavy atom. The Balaban J connectivity index is 0.000000408. The topological polar surface area (TPSA) is 9.23 Å². The maximum Gasteiger partial charge on any atom is 0.0351 e. The Morgan fingerprint density at radius 1 is 0.789 bits per heavy atom. The van der Waals surface area contributed by atoms with Gasteiger partial charge in [-0.1, -0.05) is 36.4 Å². The van der Waals surface area contributed by atoms with Crippen LogP contribution in [0.25, 0.3) is 10.8 Å². The fraction of sp³-hybridized carbons (Fsp3) is 0.333. The van der Waals surface area contributed by atoms with Gasteiger partial charge >= 0.3 is 0 Å². The Morgan fingerprint density at radius 3 is 1.53 bits per heavy atom. The molecule has 2 aromatic carbocycles. The van der Waals surface area contributed by atoms with E-state index >= 15 is 0 Å². The number of fused-ring (bicyclic) bond motifs is 2. The van der Waals surface area contributed by atoms with Crippen molar-refractivity contribution >= 4 is 10.8 Å². The van der Waals surface area contributed by atoms with Gasteiger partial charge in [0, 0.05) is 14.2 Å². The number of aryl methyl sites for hydroxylation is 2. The van der Waals surface area contributed by atoms with E-state index < -0.39 is 0 Å². The molecule has 1 aliphatic carbocycles. The van der Waals surface area contributed by atoms with E-state index in [-0.39, 0.29) is 0 Å². The van der Waals surface area contributed by atoms with Gasteiger partial charge in [0.1, 0.15) is 0 Å². The molecule has 1 aliphatic rings. The highest BCUT2D eigenvalue weighted by atomic mass is 16.4. The molecule has 0 unspecified atom stereocenters. The normalized spacial score (nSPS) is 12.8. The van der Waals surface area contributed by atoms with Crippen molar-refractivity contribution in [3.05, 3.63) is 58.7 Å². The standard InChI is InChI=1S/C16H16.C2H6O/c1-11-13-7-3-5-9-15(13)12(2)16-10-6-4-8-14(11)16;1-3-2/h3-7,9H,8,10H2,1-2H3;1-2H3. The molecule has 0 saturated carbocycles. The number of rotatable bonds is 0. The summed E-state index contributed by atoms with van der Waals surface area (Å²) in [6.45, 7) is 4.53. The molecule has 0 amide bonds. The number of methoxy groups -OCH3 is 1. The van der Waals surface area contributed by atoms with Gasteiger partial charge in [-0.2, -0.15) is 0 Å². The average Bonchev–Trinajstić information content (AvgIpc) is 2.46. The summed E-state index contributed by atoms with van der Waals surface area (Å²) >= 11 is 0. The van der Waals surface area contributed by atoms with Crippen LogP contribution >= 0.6 is 0 Å². The van der Waals surface area contributed by atoms with Crippen LogP contribution in [0.4, 0.5) is 0 Å². The van der Waals surface area contributed by atoms with Crippen molar-refractivity contribution in [1.82, 2.24) is 0 Å². The lowest BCUT2D eigenvalue weighted by molar-refractivity contribution is 0.277. The molecule has 0 heterocycles. The third-order valence-corrected chi connectivity index (χ3v) is 3.82. The lowest BCUT2D eigenvalue weighted by atomic mass is 9.85. The van der Waals surface area contributed by atoms with Crippen molar-refractivity contribution in [2.45, 2.75) is 26.7 Å². The molecule has 0 aromatic heterocycles.